The molecule has 4 rings (SSSR count). The minimum Gasteiger partial charge on any atom is -0.372 e. The van der Waals surface area contributed by atoms with E-state index in [1.54, 1.807) is 11.0 Å². The molecule has 0 saturated carbocycles. The maximum Gasteiger partial charge on any atom is 0.206 e. The van der Waals surface area contributed by atoms with Crippen LogP contribution in [0.25, 0.3) is 0 Å². The molecule has 0 fully saturated rings. The molecule has 3 N–H and O–H groups in total. The van der Waals surface area contributed by atoms with Gasteiger partial charge in [0, 0.05) is 6.54 Å². The van der Waals surface area contributed by atoms with Gasteiger partial charge < -0.3 is 15.1 Å². The van der Waals surface area contributed by atoms with E-state index in [9.17, 15) is 20.7 Å². The molecular formula is C20H16N6O2. The Hall–Kier alpha value is -3.56. The van der Waals surface area contributed by atoms with Gasteiger partial charge in [-0.2, -0.15) is 10.5 Å². The molecule has 0 aliphatic carbocycles. The Bertz CT molecular complexity index is 1090. The van der Waals surface area contributed by atoms with Gasteiger partial charge in [0.2, 0.25) is 6.35 Å². The number of aliphatic imine (C=N–C) groups is 2. The number of hydrogen-bond donors (Lipinski definition) is 3. The minimum absolute atomic E-state index is 0.208. The molecule has 8 nitrogen and oxygen atoms in total. The topological polar surface area (TPSA) is 128 Å². The van der Waals surface area contributed by atoms with Crippen LogP contribution in [0, 0.1) is 29.6 Å². The average Bonchev–Trinajstić information content (AvgIpc) is 2.69. The molecule has 2 heterocycles. The number of hydrogen-bond acceptors (Lipinski definition) is 8. The maximum absolute atomic E-state index is 10.3. The minimum atomic E-state index is -1.28. The Morgan fingerprint density at radius 1 is 1.11 bits per heavy atom. The second-order valence-electron chi connectivity index (χ2n) is 6.57. The molecule has 2 aliphatic heterocycles. The summed E-state index contributed by atoms with van der Waals surface area (Å²) in [5.41, 5.74) is 3.82. The third-order valence-corrected chi connectivity index (χ3v) is 4.64. The van der Waals surface area contributed by atoms with Crippen molar-refractivity contribution in [2.45, 2.75) is 26.0 Å². The van der Waals surface area contributed by atoms with Crippen molar-refractivity contribution >= 4 is 22.9 Å². The van der Waals surface area contributed by atoms with Crippen LogP contribution >= 0.6 is 0 Å². The molecule has 2 atom stereocenters. The molecule has 2 unspecified atom stereocenters. The molecule has 8 heteroatoms. The molecule has 0 spiro atoms. The number of nitrogens with one attached hydrogen (secondary N) is 1. The molecular weight excluding hydrogens is 356 g/mol. The van der Waals surface area contributed by atoms with Gasteiger partial charge in [-0.05, 0) is 24.6 Å². The smallest absolute Gasteiger partial charge is 0.206 e. The van der Waals surface area contributed by atoms with E-state index < -0.39 is 12.6 Å². The highest BCUT2D eigenvalue weighted by atomic mass is 16.3. The zero-order chi connectivity index (χ0) is 19.8. The summed E-state index contributed by atoms with van der Waals surface area (Å²) in [6, 6.07) is 15.1. The van der Waals surface area contributed by atoms with Crippen LogP contribution in [0.1, 0.15) is 22.3 Å². The zero-order valence-corrected chi connectivity index (χ0v) is 15.0. The van der Waals surface area contributed by atoms with Crippen LogP contribution in [0.5, 0.6) is 0 Å². The van der Waals surface area contributed by atoms with Gasteiger partial charge in [0.25, 0.3) is 0 Å². The summed E-state index contributed by atoms with van der Waals surface area (Å²) in [7, 11) is 0. The van der Waals surface area contributed by atoms with E-state index >= 15 is 0 Å². The van der Waals surface area contributed by atoms with E-state index in [0.717, 1.165) is 11.1 Å². The number of aryl methyl sites for hydroxylation is 1. The number of amidine groups is 1. The lowest BCUT2D eigenvalue weighted by Crippen LogP contribution is -2.56. The van der Waals surface area contributed by atoms with Gasteiger partial charge in [-0.1, -0.05) is 29.8 Å². The van der Waals surface area contributed by atoms with Crippen LogP contribution in [0.15, 0.2) is 46.4 Å². The van der Waals surface area contributed by atoms with Gasteiger partial charge in [0.05, 0.1) is 22.5 Å². The largest absolute Gasteiger partial charge is 0.372 e. The van der Waals surface area contributed by atoms with Crippen molar-refractivity contribution in [3.8, 4) is 12.1 Å². The highest BCUT2D eigenvalue weighted by Gasteiger charge is 2.35. The predicted molar refractivity (Wildman–Crippen MR) is 103 cm³/mol. The number of nitrogens with zero attached hydrogens (tertiary/aromatic N) is 5. The SMILES string of the molecule is Cc1ccc(CN2C3=NC(O)NC(O)C3=Nc3cc(C#N)c(C#N)cc32)cc1. The van der Waals surface area contributed by atoms with Crippen LogP contribution in [-0.2, 0) is 6.54 Å². The summed E-state index contributed by atoms with van der Waals surface area (Å²) >= 11 is 0. The Morgan fingerprint density at radius 3 is 2.46 bits per heavy atom. The number of aliphatic hydroxyl groups excluding tert-OH is 2. The van der Waals surface area contributed by atoms with Crippen molar-refractivity contribution < 1.29 is 10.2 Å². The summed E-state index contributed by atoms with van der Waals surface area (Å²) in [5.74, 6) is 0.320. The number of nitriles is 2. The van der Waals surface area contributed by atoms with Crippen molar-refractivity contribution in [2.24, 2.45) is 9.98 Å². The second kappa shape index (κ2) is 6.87. The van der Waals surface area contributed by atoms with Crippen molar-refractivity contribution in [1.82, 2.24) is 5.32 Å². The fraction of sp³-hybridized carbons (Fsp3) is 0.200. The first-order valence-electron chi connectivity index (χ1n) is 8.60. The second-order valence-corrected chi connectivity index (χ2v) is 6.57. The van der Waals surface area contributed by atoms with E-state index in [2.05, 4.69) is 15.3 Å². The summed E-state index contributed by atoms with van der Waals surface area (Å²) in [6.07, 6.45) is -2.49. The molecule has 2 aliphatic rings. The fourth-order valence-electron chi connectivity index (χ4n) is 3.23. The number of fused-ring (bicyclic) bond motifs is 2. The summed E-state index contributed by atoms with van der Waals surface area (Å²) < 4.78 is 0. The maximum atomic E-state index is 10.3. The van der Waals surface area contributed by atoms with E-state index in [1.807, 2.05) is 43.3 Å². The Balaban J connectivity index is 1.89. The number of rotatable bonds is 2. The van der Waals surface area contributed by atoms with Gasteiger partial charge in [0.1, 0.15) is 17.9 Å². The van der Waals surface area contributed by atoms with E-state index in [0.29, 0.717) is 23.8 Å². The monoisotopic (exact) mass is 372 g/mol. The van der Waals surface area contributed by atoms with Gasteiger partial charge in [-0.15, -0.1) is 0 Å². The normalized spacial score (nSPS) is 20.2. The zero-order valence-electron chi connectivity index (χ0n) is 15.0. The van der Waals surface area contributed by atoms with Crippen LogP contribution in [0.4, 0.5) is 11.4 Å². The van der Waals surface area contributed by atoms with Crippen LogP contribution in [0.3, 0.4) is 0 Å². The summed E-state index contributed by atoms with van der Waals surface area (Å²) in [5, 5.41) is 41.5. The molecule has 0 bridgehead atoms. The number of anilines is 1. The van der Waals surface area contributed by atoms with Crippen molar-refractivity contribution in [3.63, 3.8) is 0 Å². The number of aliphatic hydroxyl groups is 2. The number of benzene rings is 2. The van der Waals surface area contributed by atoms with E-state index in [1.165, 1.54) is 6.07 Å². The molecule has 2 aromatic carbocycles. The lowest BCUT2D eigenvalue weighted by atomic mass is 10.0. The quantitative estimate of drug-likeness (QED) is 0.731. The molecule has 28 heavy (non-hydrogen) atoms. The molecule has 2 aromatic rings. The standard InChI is InChI=1S/C20H16N6O2/c1-11-2-4-12(5-3-11)10-26-16-7-14(9-22)13(8-21)6-15(16)23-17-18(26)24-20(28)25-19(17)27/h2-7,19-20,25,27-28H,10H2,1H3. The Labute approximate surface area is 161 Å². The summed E-state index contributed by atoms with van der Waals surface area (Å²) in [6.45, 7) is 2.39. The molecule has 0 radical (unpaired) electrons. The highest BCUT2D eigenvalue weighted by molar-refractivity contribution is 6.49. The van der Waals surface area contributed by atoms with Gasteiger partial charge in [-0.25, -0.2) is 15.3 Å². The van der Waals surface area contributed by atoms with Crippen LogP contribution < -0.4 is 10.2 Å². The van der Waals surface area contributed by atoms with Crippen molar-refractivity contribution in [3.05, 3.63) is 58.7 Å². The fourth-order valence-corrected chi connectivity index (χ4v) is 3.23. The third-order valence-electron chi connectivity index (χ3n) is 4.64. The van der Waals surface area contributed by atoms with Gasteiger partial charge >= 0.3 is 0 Å². The Kier molecular flexibility index (Phi) is 4.38. The first kappa shape index (κ1) is 17.8. The first-order chi connectivity index (χ1) is 13.5. The lowest BCUT2D eigenvalue weighted by molar-refractivity contribution is 0.0770. The van der Waals surface area contributed by atoms with Crippen LogP contribution in [-0.4, -0.2) is 34.3 Å². The third kappa shape index (κ3) is 3.02. The van der Waals surface area contributed by atoms with Crippen LogP contribution in [0.2, 0.25) is 0 Å². The Morgan fingerprint density at radius 2 is 1.79 bits per heavy atom. The van der Waals surface area contributed by atoms with Gasteiger partial charge in [-0.3, -0.25) is 0 Å². The first-order valence-corrected chi connectivity index (χ1v) is 8.60. The molecule has 138 valence electrons. The summed E-state index contributed by atoms with van der Waals surface area (Å²) in [4.78, 5) is 10.4. The average molecular weight is 372 g/mol. The highest BCUT2D eigenvalue weighted by Crippen LogP contribution is 2.37. The van der Waals surface area contributed by atoms with Gasteiger partial charge in [0.15, 0.2) is 12.1 Å². The van der Waals surface area contributed by atoms with Crippen molar-refractivity contribution in [1.29, 1.82) is 10.5 Å². The molecule has 0 saturated heterocycles. The van der Waals surface area contributed by atoms with E-state index in [4.69, 9.17) is 0 Å². The molecule has 0 amide bonds. The van der Waals surface area contributed by atoms with Crippen molar-refractivity contribution in [2.75, 3.05) is 4.90 Å². The predicted octanol–water partition coefficient (Wildman–Crippen LogP) is 1.43. The van der Waals surface area contributed by atoms with E-state index in [-0.39, 0.29) is 16.8 Å². The molecule has 0 aromatic heterocycles. The lowest BCUT2D eigenvalue weighted by Gasteiger charge is -2.36.